The summed E-state index contributed by atoms with van der Waals surface area (Å²) in [5.41, 5.74) is 0.623. The Hall–Kier alpha value is -1.17. The summed E-state index contributed by atoms with van der Waals surface area (Å²) >= 11 is 1.57. The third kappa shape index (κ3) is 2.65. The molecule has 1 amide bonds. The topological polar surface area (TPSA) is 66.9 Å². The highest BCUT2D eigenvalue weighted by atomic mass is 32.2. The highest BCUT2D eigenvalue weighted by Gasteiger charge is 2.37. The van der Waals surface area contributed by atoms with E-state index in [-0.39, 0.29) is 22.1 Å². The molecule has 1 aliphatic heterocycles. The van der Waals surface area contributed by atoms with Crippen LogP contribution in [0.15, 0.2) is 4.79 Å². The predicted molar refractivity (Wildman–Crippen MR) is 85.8 cm³/mol. The van der Waals surface area contributed by atoms with Crippen molar-refractivity contribution in [2.45, 2.75) is 57.7 Å². The zero-order chi connectivity index (χ0) is 15.2. The summed E-state index contributed by atoms with van der Waals surface area (Å²) < 4.78 is 1.92. The number of hydrogen-bond donors (Lipinski definition) is 2. The van der Waals surface area contributed by atoms with E-state index in [2.05, 4.69) is 31.2 Å². The number of nitrogens with one attached hydrogen (secondary N) is 2. The van der Waals surface area contributed by atoms with Gasteiger partial charge >= 0.3 is 0 Å². The predicted octanol–water partition coefficient (Wildman–Crippen LogP) is 3.06. The molecule has 0 aromatic carbocycles. The summed E-state index contributed by atoms with van der Waals surface area (Å²) in [4.78, 5) is 24.6. The van der Waals surface area contributed by atoms with Gasteiger partial charge in [-0.3, -0.25) is 19.4 Å². The second-order valence-corrected chi connectivity index (χ2v) is 8.21. The van der Waals surface area contributed by atoms with Gasteiger partial charge in [0.25, 0.3) is 5.56 Å². The average molecular weight is 309 g/mol. The van der Waals surface area contributed by atoms with Crippen LogP contribution in [0, 0.1) is 5.41 Å². The molecule has 21 heavy (non-hydrogen) atoms. The Kier molecular flexibility index (Phi) is 3.67. The summed E-state index contributed by atoms with van der Waals surface area (Å²) in [5.74, 6) is 1.10. The standard InChI is InChI=1S/C15H23N3O2S/c1-15(2,3)12-11-13(16-10(19)8-21-12)18(17-14(11)20)9-6-4-5-7-9/h9,12H,4-8H2,1-3H3,(H,16,19)(H,17,20)/t12-/m0/s1. The maximum absolute atomic E-state index is 12.5. The number of aromatic nitrogens is 2. The molecule has 1 aromatic heterocycles. The number of rotatable bonds is 1. The number of hydrogen-bond acceptors (Lipinski definition) is 3. The number of thioether (sulfide) groups is 1. The van der Waals surface area contributed by atoms with Gasteiger partial charge in [0.15, 0.2) is 0 Å². The quantitative estimate of drug-likeness (QED) is 0.838. The van der Waals surface area contributed by atoms with E-state index < -0.39 is 0 Å². The fourth-order valence-corrected chi connectivity index (χ4v) is 4.64. The molecule has 2 aliphatic rings. The zero-order valence-corrected chi connectivity index (χ0v) is 13.7. The van der Waals surface area contributed by atoms with Crippen molar-refractivity contribution in [3.05, 3.63) is 15.9 Å². The third-order valence-corrected chi connectivity index (χ3v) is 6.05. The fraction of sp³-hybridized carbons (Fsp3) is 0.733. The second-order valence-electron chi connectivity index (χ2n) is 7.12. The van der Waals surface area contributed by atoms with Gasteiger partial charge in [-0.15, -0.1) is 11.8 Å². The summed E-state index contributed by atoms with van der Waals surface area (Å²) in [6, 6.07) is 0.311. The van der Waals surface area contributed by atoms with Gasteiger partial charge in [0.05, 0.1) is 17.4 Å². The van der Waals surface area contributed by atoms with Crippen molar-refractivity contribution in [2.24, 2.45) is 5.41 Å². The first kappa shape index (κ1) is 14.8. The first-order chi connectivity index (χ1) is 9.88. The van der Waals surface area contributed by atoms with Gasteiger partial charge in [-0.2, -0.15) is 0 Å². The molecule has 116 valence electrons. The molecule has 2 N–H and O–H groups in total. The van der Waals surface area contributed by atoms with E-state index in [4.69, 9.17) is 0 Å². The van der Waals surface area contributed by atoms with Crippen LogP contribution in [0.2, 0.25) is 0 Å². The SMILES string of the molecule is CC(C)(C)[C@H]1SCC(=O)Nc2c1c(=O)[nH]n2C1CCCC1. The van der Waals surface area contributed by atoms with Crippen LogP contribution in [0.5, 0.6) is 0 Å². The van der Waals surface area contributed by atoms with Gasteiger partial charge in [-0.1, -0.05) is 33.6 Å². The van der Waals surface area contributed by atoms with Gasteiger partial charge in [-0.05, 0) is 18.3 Å². The summed E-state index contributed by atoms with van der Waals surface area (Å²) in [5, 5.41) is 5.97. The van der Waals surface area contributed by atoms with Crippen LogP contribution in [-0.2, 0) is 4.79 Å². The Labute approximate surface area is 128 Å². The van der Waals surface area contributed by atoms with Crippen molar-refractivity contribution >= 4 is 23.5 Å². The van der Waals surface area contributed by atoms with Crippen LogP contribution in [-0.4, -0.2) is 21.4 Å². The highest BCUT2D eigenvalue weighted by molar-refractivity contribution is 8.00. The fourth-order valence-electron chi connectivity index (χ4n) is 3.36. The van der Waals surface area contributed by atoms with E-state index >= 15 is 0 Å². The molecule has 3 rings (SSSR count). The number of carbonyl (C=O) groups is 1. The molecule has 1 aromatic rings. The molecule has 5 nitrogen and oxygen atoms in total. The molecule has 2 heterocycles. The molecule has 0 spiro atoms. The number of aromatic amines is 1. The molecule has 0 bridgehead atoms. The molecular weight excluding hydrogens is 286 g/mol. The van der Waals surface area contributed by atoms with Crippen molar-refractivity contribution in [2.75, 3.05) is 11.1 Å². The number of fused-ring (bicyclic) bond motifs is 1. The van der Waals surface area contributed by atoms with Crippen molar-refractivity contribution < 1.29 is 4.79 Å². The molecular formula is C15H23N3O2S. The van der Waals surface area contributed by atoms with Crippen LogP contribution in [0.3, 0.4) is 0 Å². The molecule has 1 atom stereocenters. The molecule has 0 radical (unpaired) electrons. The number of amides is 1. The first-order valence-corrected chi connectivity index (χ1v) is 8.68. The van der Waals surface area contributed by atoms with Crippen molar-refractivity contribution in [3.63, 3.8) is 0 Å². The van der Waals surface area contributed by atoms with E-state index in [0.717, 1.165) is 18.4 Å². The van der Waals surface area contributed by atoms with Crippen LogP contribution in [0.25, 0.3) is 0 Å². The largest absolute Gasteiger partial charge is 0.310 e. The minimum Gasteiger partial charge on any atom is -0.310 e. The summed E-state index contributed by atoms with van der Waals surface area (Å²) in [6.45, 7) is 6.36. The normalized spacial score (nSPS) is 23.8. The lowest BCUT2D eigenvalue weighted by Crippen LogP contribution is -2.21. The Balaban J connectivity index is 2.12. The number of H-pyrrole nitrogens is 1. The van der Waals surface area contributed by atoms with Gasteiger partial charge in [-0.25, -0.2) is 0 Å². The van der Waals surface area contributed by atoms with Gasteiger partial charge in [0.2, 0.25) is 5.91 Å². The van der Waals surface area contributed by atoms with Gasteiger partial charge < -0.3 is 5.32 Å². The number of anilines is 1. The third-order valence-electron chi connectivity index (χ3n) is 4.34. The van der Waals surface area contributed by atoms with Crippen molar-refractivity contribution in [1.29, 1.82) is 0 Å². The highest BCUT2D eigenvalue weighted by Crippen LogP contribution is 2.47. The Morgan fingerprint density at radius 1 is 1.19 bits per heavy atom. The minimum atomic E-state index is -0.0689. The van der Waals surface area contributed by atoms with Gasteiger partial charge in [0.1, 0.15) is 5.82 Å². The number of nitrogens with zero attached hydrogens (tertiary/aromatic N) is 1. The molecule has 0 saturated heterocycles. The first-order valence-electron chi connectivity index (χ1n) is 7.64. The van der Waals surface area contributed by atoms with Gasteiger partial charge in [0, 0.05) is 5.25 Å². The number of carbonyl (C=O) groups excluding carboxylic acids is 1. The zero-order valence-electron chi connectivity index (χ0n) is 12.9. The lowest BCUT2D eigenvalue weighted by atomic mass is 9.88. The lowest BCUT2D eigenvalue weighted by Gasteiger charge is -2.28. The van der Waals surface area contributed by atoms with E-state index in [1.165, 1.54) is 12.8 Å². The molecule has 0 unspecified atom stereocenters. The molecule has 1 saturated carbocycles. The minimum absolute atomic E-state index is 0.0150. The average Bonchev–Trinajstić information content (AvgIpc) is 2.95. The van der Waals surface area contributed by atoms with Crippen LogP contribution in [0.1, 0.15) is 63.3 Å². The van der Waals surface area contributed by atoms with E-state index in [1.807, 2.05) is 4.68 Å². The second kappa shape index (κ2) is 5.23. The van der Waals surface area contributed by atoms with Crippen LogP contribution < -0.4 is 10.9 Å². The van der Waals surface area contributed by atoms with Crippen molar-refractivity contribution in [1.82, 2.24) is 9.78 Å². The lowest BCUT2D eigenvalue weighted by molar-refractivity contribution is -0.113. The Morgan fingerprint density at radius 2 is 1.86 bits per heavy atom. The smallest absolute Gasteiger partial charge is 0.270 e. The Bertz CT molecular complexity index is 605. The summed E-state index contributed by atoms with van der Waals surface area (Å²) in [6.07, 6.45) is 4.51. The molecule has 6 heteroatoms. The maximum Gasteiger partial charge on any atom is 0.270 e. The van der Waals surface area contributed by atoms with Crippen LogP contribution >= 0.6 is 11.8 Å². The Morgan fingerprint density at radius 3 is 2.48 bits per heavy atom. The van der Waals surface area contributed by atoms with Crippen LogP contribution in [0.4, 0.5) is 5.82 Å². The van der Waals surface area contributed by atoms with E-state index in [0.29, 0.717) is 17.6 Å². The molecule has 1 fully saturated rings. The monoisotopic (exact) mass is 309 g/mol. The van der Waals surface area contributed by atoms with E-state index in [1.54, 1.807) is 11.8 Å². The summed E-state index contributed by atoms with van der Waals surface area (Å²) in [7, 11) is 0. The maximum atomic E-state index is 12.5. The molecule has 1 aliphatic carbocycles. The van der Waals surface area contributed by atoms with E-state index in [9.17, 15) is 9.59 Å². The van der Waals surface area contributed by atoms with Crippen molar-refractivity contribution in [3.8, 4) is 0 Å².